The van der Waals surface area contributed by atoms with Gasteiger partial charge in [0.2, 0.25) is 20.0 Å². The van der Waals surface area contributed by atoms with E-state index in [4.69, 9.17) is 5.14 Å². The smallest absolute Gasteiger partial charge is 0.225 e. The molecule has 3 rings (SSSR count). The predicted molar refractivity (Wildman–Crippen MR) is 99.6 cm³/mol. The Balaban J connectivity index is 1.85. The molecule has 8 heteroatoms. The summed E-state index contributed by atoms with van der Waals surface area (Å²) >= 11 is 0. The average molecular weight is 395 g/mol. The first kappa shape index (κ1) is 19.0. The fourth-order valence-electron chi connectivity index (χ4n) is 3.21. The molecule has 0 heterocycles. The van der Waals surface area contributed by atoms with E-state index in [2.05, 4.69) is 16.9 Å². The van der Waals surface area contributed by atoms with Crippen molar-refractivity contribution in [2.75, 3.05) is 0 Å². The molecule has 1 atom stereocenters. The number of rotatable bonds is 5. The quantitative estimate of drug-likeness (QED) is 0.811. The normalized spacial score (nSPS) is 16.1. The van der Waals surface area contributed by atoms with Gasteiger partial charge in [-0.3, -0.25) is 0 Å². The summed E-state index contributed by atoms with van der Waals surface area (Å²) < 4.78 is 50.8. The summed E-state index contributed by atoms with van der Waals surface area (Å²) in [5, 5.41) is 5.08. The molecule has 0 amide bonds. The highest BCUT2D eigenvalue weighted by Gasteiger charge is 2.21. The molecule has 0 aromatic heterocycles. The van der Waals surface area contributed by atoms with E-state index in [0.29, 0.717) is 0 Å². The largest absolute Gasteiger partial charge is 0.241 e. The summed E-state index contributed by atoms with van der Waals surface area (Å²) in [7, 11) is -7.85. The Morgan fingerprint density at radius 3 is 2.27 bits per heavy atom. The molecular weight excluding hydrogens is 372 g/mol. The van der Waals surface area contributed by atoms with Crippen LogP contribution in [-0.4, -0.2) is 16.8 Å². The molecule has 0 bridgehead atoms. The molecule has 0 spiro atoms. The molecule has 26 heavy (non-hydrogen) atoms. The van der Waals surface area contributed by atoms with Crippen LogP contribution in [0.5, 0.6) is 0 Å². The van der Waals surface area contributed by atoms with Crippen molar-refractivity contribution in [3.8, 4) is 0 Å². The van der Waals surface area contributed by atoms with Crippen LogP contribution in [0, 0.1) is 0 Å². The minimum Gasteiger partial charge on any atom is -0.225 e. The Kier molecular flexibility index (Phi) is 5.21. The van der Waals surface area contributed by atoms with Crippen molar-refractivity contribution in [2.24, 2.45) is 5.14 Å². The Bertz CT molecular complexity index is 1030. The maximum Gasteiger partial charge on any atom is 0.241 e. The fraction of sp³-hybridized carbons (Fsp3) is 0.333. The Morgan fingerprint density at radius 1 is 0.923 bits per heavy atom. The minimum absolute atomic E-state index is 0.131. The summed E-state index contributed by atoms with van der Waals surface area (Å²) in [6.07, 6.45) is 4.42. The lowest BCUT2D eigenvalue weighted by molar-refractivity contribution is 0.566. The maximum absolute atomic E-state index is 12.6. The highest BCUT2D eigenvalue weighted by atomic mass is 32.2. The van der Waals surface area contributed by atoms with Crippen LogP contribution >= 0.6 is 0 Å². The molecule has 1 aliphatic carbocycles. The van der Waals surface area contributed by atoms with E-state index in [1.165, 1.54) is 35.7 Å². The highest BCUT2D eigenvalue weighted by Crippen LogP contribution is 2.26. The predicted octanol–water partition coefficient (Wildman–Crippen LogP) is 2.25. The first-order valence-electron chi connectivity index (χ1n) is 8.44. The van der Waals surface area contributed by atoms with Crippen LogP contribution in [0.2, 0.25) is 0 Å². The molecule has 0 saturated carbocycles. The molecule has 2 aromatic rings. The number of hydrogen-bond acceptors (Lipinski definition) is 4. The van der Waals surface area contributed by atoms with Crippen molar-refractivity contribution in [3.63, 3.8) is 0 Å². The zero-order valence-electron chi connectivity index (χ0n) is 14.5. The summed E-state index contributed by atoms with van der Waals surface area (Å²) in [6.45, 7) is 1.77. The molecule has 1 aliphatic rings. The van der Waals surface area contributed by atoms with Crippen LogP contribution in [-0.2, 0) is 32.9 Å². The van der Waals surface area contributed by atoms with Gasteiger partial charge >= 0.3 is 0 Å². The fourth-order valence-corrected chi connectivity index (χ4v) is 5.12. The molecule has 140 valence electrons. The van der Waals surface area contributed by atoms with E-state index >= 15 is 0 Å². The zero-order valence-corrected chi connectivity index (χ0v) is 16.1. The molecule has 0 radical (unpaired) electrons. The second kappa shape index (κ2) is 7.11. The summed E-state index contributed by atoms with van der Waals surface area (Å²) in [6, 6.07) is 10.7. The number of primary sulfonamides is 1. The van der Waals surface area contributed by atoms with Gasteiger partial charge in [-0.1, -0.05) is 24.3 Å². The van der Waals surface area contributed by atoms with Gasteiger partial charge in [-0.15, -0.1) is 0 Å². The van der Waals surface area contributed by atoms with Crippen LogP contribution < -0.4 is 9.86 Å². The van der Waals surface area contributed by atoms with Crippen molar-refractivity contribution in [1.29, 1.82) is 0 Å². The number of aryl methyl sites for hydroxylation is 2. The van der Waals surface area contributed by atoms with Gasteiger partial charge in [-0.2, -0.15) is 0 Å². The molecule has 3 N–H and O–H groups in total. The van der Waals surface area contributed by atoms with Crippen LogP contribution in [0.3, 0.4) is 0 Å². The monoisotopic (exact) mass is 394 g/mol. The summed E-state index contributed by atoms with van der Waals surface area (Å²) in [4.78, 5) is -0.365. The van der Waals surface area contributed by atoms with Gasteiger partial charge < -0.3 is 0 Å². The molecular formula is C18H22N2O4S2. The van der Waals surface area contributed by atoms with E-state index < -0.39 is 26.1 Å². The van der Waals surface area contributed by atoms with Crippen LogP contribution in [0.4, 0.5) is 0 Å². The van der Waals surface area contributed by atoms with Gasteiger partial charge in [0, 0.05) is 6.04 Å². The molecule has 0 fully saturated rings. The Labute approximate surface area is 154 Å². The van der Waals surface area contributed by atoms with Gasteiger partial charge in [-0.05, 0) is 67.5 Å². The molecule has 0 saturated heterocycles. The minimum atomic E-state index is -3.97. The van der Waals surface area contributed by atoms with Crippen LogP contribution in [0.25, 0.3) is 0 Å². The van der Waals surface area contributed by atoms with E-state index in [9.17, 15) is 16.8 Å². The second-order valence-electron chi connectivity index (χ2n) is 6.60. The third kappa shape index (κ3) is 4.15. The third-order valence-corrected chi connectivity index (χ3v) is 7.10. The van der Waals surface area contributed by atoms with Gasteiger partial charge in [-0.25, -0.2) is 26.7 Å². The van der Waals surface area contributed by atoms with Gasteiger partial charge in [0.1, 0.15) is 0 Å². The molecule has 1 unspecified atom stereocenters. The van der Waals surface area contributed by atoms with Crippen molar-refractivity contribution >= 4 is 20.0 Å². The number of nitrogens with one attached hydrogen (secondary N) is 1. The number of hydrogen-bond donors (Lipinski definition) is 2. The van der Waals surface area contributed by atoms with E-state index in [1.54, 1.807) is 6.92 Å². The summed E-state index contributed by atoms with van der Waals surface area (Å²) in [5.41, 5.74) is 3.49. The highest BCUT2D eigenvalue weighted by molar-refractivity contribution is 7.90. The topological polar surface area (TPSA) is 106 Å². The van der Waals surface area contributed by atoms with Crippen LogP contribution in [0.1, 0.15) is 42.5 Å². The first-order chi connectivity index (χ1) is 12.2. The molecule has 0 aliphatic heterocycles. The maximum atomic E-state index is 12.6. The Morgan fingerprint density at radius 2 is 1.58 bits per heavy atom. The number of benzene rings is 2. The van der Waals surface area contributed by atoms with Crippen molar-refractivity contribution in [1.82, 2.24) is 4.72 Å². The van der Waals surface area contributed by atoms with Crippen LogP contribution in [0.15, 0.2) is 52.3 Å². The van der Waals surface area contributed by atoms with Crippen molar-refractivity contribution < 1.29 is 16.8 Å². The van der Waals surface area contributed by atoms with Crippen molar-refractivity contribution in [2.45, 2.75) is 48.4 Å². The standard InChI is InChI=1S/C18H22N2O4S2/c1-13(15-10-9-14-5-2-3-6-16(14)11-15)20-26(23,24)18-8-4-7-17(12-18)25(19,21)22/h4,7-13,20H,2-3,5-6H2,1H3,(H2,19,21,22). The second-order valence-corrected chi connectivity index (χ2v) is 9.87. The zero-order chi connectivity index (χ0) is 18.9. The summed E-state index contributed by atoms with van der Waals surface area (Å²) in [5.74, 6) is 0. The van der Waals surface area contributed by atoms with E-state index in [0.717, 1.165) is 30.9 Å². The molecule has 2 aromatic carbocycles. The van der Waals surface area contributed by atoms with Gasteiger partial charge in [0.15, 0.2) is 0 Å². The Hall–Kier alpha value is -1.74. The SMILES string of the molecule is CC(NS(=O)(=O)c1cccc(S(N)(=O)=O)c1)c1ccc2c(c1)CCCC2. The lowest BCUT2D eigenvalue weighted by atomic mass is 9.89. The lowest BCUT2D eigenvalue weighted by Gasteiger charge is -2.20. The van der Waals surface area contributed by atoms with Crippen molar-refractivity contribution in [3.05, 3.63) is 59.2 Å². The third-order valence-electron chi connectivity index (χ3n) is 4.65. The lowest BCUT2D eigenvalue weighted by Crippen LogP contribution is -2.27. The average Bonchev–Trinajstić information content (AvgIpc) is 2.60. The number of sulfonamides is 2. The number of fused-ring (bicyclic) bond motifs is 1. The van der Waals surface area contributed by atoms with Gasteiger partial charge in [0.05, 0.1) is 9.79 Å². The molecule has 6 nitrogen and oxygen atoms in total. The van der Waals surface area contributed by atoms with Gasteiger partial charge in [0.25, 0.3) is 0 Å². The number of nitrogens with two attached hydrogens (primary N) is 1. The van der Waals surface area contributed by atoms with E-state index in [-0.39, 0.29) is 9.79 Å². The van der Waals surface area contributed by atoms with E-state index in [1.807, 2.05) is 6.07 Å². The first-order valence-corrected chi connectivity index (χ1v) is 11.5.